The molecule has 1 aliphatic heterocycles. The van der Waals surface area contributed by atoms with E-state index in [2.05, 4.69) is 21.6 Å². The van der Waals surface area contributed by atoms with Crippen LogP contribution in [0.2, 0.25) is 0 Å². The number of carbonyl (C=O) groups excluding carboxylic acids is 2. The monoisotopic (exact) mass is 410 g/mol. The first-order chi connectivity index (χ1) is 13.7. The van der Waals surface area contributed by atoms with Crippen molar-refractivity contribution in [3.05, 3.63) is 64.4 Å². The molecule has 3 aromatic rings. The lowest BCUT2D eigenvalue weighted by molar-refractivity contribution is -0.116. The molecule has 0 fully saturated rings. The molecule has 6 nitrogen and oxygen atoms in total. The summed E-state index contributed by atoms with van der Waals surface area (Å²) in [7, 11) is 0. The Labute approximate surface area is 171 Å². The Hall–Kier alpha value is -2.71. The maximum absolute atomic E-state index is 12.7. The highest BCUT2D eigenvalue weighted by atomic mass is 32.2. The van der Waals surface area contributed by atoms with Crippen molar-refractivity contribution in [2.45, 2.75) is 17.9 Å². The molecule has 1 aromatic carbocycles. The zero-order valence-electron chi connectivity index (χ0n) is 15.0. The molecule has 4 rings (SSSR count). The van der Waals surface area contributed by atoms with Crippen molar-refractivity contribution in [2.24, 2.45) is 0 Å². The van der Waals surface area contributed by atoms with Crippen LogP contribution in [0.1, 0.15) is 21.7 Å². The van der Waals surface area contributed by atoms with Gasteiger partial charge < -0.3 is 10.2 Å². The van der Waals surface area contributed by atoms with Crippen molar-refractivity contribution < 1.29 is 9.59 Å². The minimum Gasteiger partial charge on any atom is -0.311 e. The van der Waals surface area contributed by atoms with Gasteiger partial charge in [-0.3, -0.25) is 9.59 Å². The van der Waals surface area contributed by atoms with Gasteiger partial charge in [0.25, 0.3) is 5.91 Å². The lowest BCUT2D eigenvalue weighted by Crippen LogP contribution is -2.36. The minimum absolute atomic E-state index is 0.0639. The van der Waals surface area contributed by atoms with Crippen LogP contribution in [-0.4, -0.2) is 34.3 Å². The zero-order valence-corrected chi connectivity index (χ0v) is 16.6. The number of hydrogen-bond donors (Lipinski definition) is 1. The number of amides is 2. The van der Waals surface area contributed by atoms with Crippen molar-refractivity contribution in [3.63, 3.8) is 0 Å². The largest absolute Gasteiger partial charge is 0.311 e. The Bertz CT molecular complexity index is 974. The third kappa shape index (κ3) is 4.23. The van der Waals surface area contributed by atoms with Gasteiger partial charge in [-0.1, -0.05) is 36.0 Å². The molecule has 0 spiro atoms. The quantitative estimate of drug-likeness (QED) is 0.647. The molecule has 0 bridgehead atoms. The zero-order chi connectivity index (χ0) is 19.3. The Morgan fingerprint density at radius 3 is 2.79 bits per heavy atom. The van der Waals surface area contributed by atoms with Crippen molar-refractivity contribution >= 4 is 46.4 Å². The molecule has 0 radical (unpaired) electrons. The van der Waals surface area contributed by atoms with E-state index in [9.17, 15) is 9.59 Å². The van der Waals surface area contributed by atoms with E-state index in [1.165, 1.54) is 28.7 Å². The number of benzene rings is 1. The molecule has 8 heteroatoms. The van der Waals surface area contributed by atoms with Crippen molar-refractivity contribution in [3.8, 4) is 0 Å². The fraction of sp³-hybridized carbons (Fsp3) is 0.200. The number of aryl methyl sites for hydroxylation is 1. The van der Waals surface area contributed by atoms with Gasteiger partial charge in [0.2, 0.25) is 5.91 Å². The van der Waals surface area contributed by atoms with Gasteiger partial charge in [-0.15, -0.1) is 21.5 Å². The van der Waals surface area contributed by atoms with Gasteiger partial charge in [0.05, 0.1) is 10.6 Å². The first-order valence-electron chi connectivity index (χ1n) is 8.90. The fourth-order valence-corrected chi connectivity index (χ4v) is 4.36. The average molecular weight is 411 g/mol. The molecule has 0 atom stereocenters. The van der Waals surface area contributed by atoms with E-state index >= 15 is 0 Å². The van der Waals surface area contributed by atoms with E-state index in [1.807, 2.05) is 34.5 Å². The second-order valence-electron chi connectivity index (χ2n) is 6.25. The number of thiophene rings is 1. The van der Waals surface area contributed by atoms with Crippen molar-refractivity contribution in [1.29, 1.82) is 0 Å². The van der Waals surface area contributed by atoms with Crippen LogP contribution in [0.25, 0.3) is 0 Å². The second-order valence-corrected chi connectivity index (χ2v) is 8.20. The summed E-state index contributed by atoms with van der Waals surface area (Å²) >= 11 is 2.71. The molecule has 0 unspecified atom stereocenters. The van der Waals surface area contributed by atoms with Crippen LogP contribution in [0.3, 0.4) is 0 Å². The van der Waals surface area contributed by atoms with Gasteiger partial charge in [-0.2, -0.15) is 0 Å². The van der Waals surface area contributed by atoms with Crippen LogP contribution in [0.15, 0.2) is 58.9 Å². The molecule has 3 heterocycles. The van der Waals surface area contributed by atoms with Gasteiger partial charge in [-0.25, -0.2) is 0 Å². The third-order valence-electron chi connectivity index (χ3n) is 4.38. The molecule has 1 N–H and O–H groups in total. The average Bonchev–Trinajstić information content (AvgIpc) is 3.28. The number of aromatic nitrogens is 2. The van der Waals surface area contributed by atoms with E-state index in [1.54, 1.807) is 18.2 Å². The first-order valence-corrected chi connectivity index (χ1v) is 10.8. The Balaban J connectivity index is 1.34. The summed E-state index contributed by atoms with van der Waals surface area (Å²) < 4.78 is 0. The van der Waals surface area contributed by atoms with Crippen LogP contribution in [0, 0.1) is 0 Å². The molecule has 0 aliphatic carbocycles. The summed E-state index contributed by atoms with van der Waals surface area (Å²) in [5.74, 6) is 0.542. The summed E-state index contributed by atoms with van der Waals surface area (Å²) in [6.07, 6.45) is 1.99. The van der Waals surface area contributed by atoms with Crippen LogP contribution < -0.4 is 10.2 Å². The number of thioether (sulfide) groups is 1. The van der Waals surface area contributed by atoms with Crippen LogP contribution in [-0.2, 0) is 11.2 Å². The molecule has 2 amide bonds. The maximum Gasteiger partial charge on any atom is 0.266 e. The van der Waals surface area contributed by atoms with Crippen molar-refractivity contribution in [2.75, 3.05) is 22.5 Å². The highest BCUT2D eigenvalue weighted by Crippen LogP contribution is 2.28. The van der Waals surface area contributed by atoms with E-state index < -0.39 is 0 Å². The molecule has 0 saturated heterocycles. The number of anilines is 2. The fourth-order valence-electron chi connectivity index (χ4n) is 3.06. The van der Waals surface area contributed by atoms with Gasteiger partial charge in [-0.05, 0) is 48.1 Å². The van der Waals surface area contributed by atoms with E-state index in [-0.39, 0.29) is 11.8 Å². The molecule has 28 heavy (non-hydrogen) atoms. The number of carbonyl (C=O) groups is 2. The Morgan fingerprint density at radius 1 is 1.11 bits per heavy atom. The molecule has 2 aromatic heterocycles. The summed E-state index contributed by atoms with van der Waals surface area (Å²) in [4.78, 5) is 27.2. The number of nitrogens with zero attached hydrogens (tertiary/aromatic N) is 3. The minimum atomic E-state index is -0.205. The summed E-state index contributed by atoms with van der Waals surface area (Å²) in [5.41, 5.74) is 2.23. The topological polar surface area (TPSA) is 75.2 Å². The number of rotatable bonds is 5. The molecule has 142 valence electrons. The van der Waals surface area contributed by atoms with E-state index in [0.717, 1.165) is 25.1 Å². The molecule has 0 saturated carbocycles. The Kier molecular flexibility index (Phi) is 5.68. The van der Waals surface area contributed by atoms with Crippen LogP contribution in [0.4, 0.5) is 11.5 Å². The predicted octanol–water partition coefficient (Wildman–Crippen LogP) is 3.86. The van der Waals surface area contributed by atoms with E-state index in [0.29, 0.717) is 21.5 Å². The SMILES string of the molecule is O=C(Nc1ccc(SCC(=O)N2CCCc3ccccc32)nn1)c1cccs1. The summed E-state index contributed by atoms with van der Waals surface area (Å²) in [5, 5.41) is 13.3. The van der Waals surface area contributed by atoms with Gasteiger partial charge in [0, 0.05) is 12.2 Å². The number of fused-ring (bicyclic) bond motifs is 1. The van der Waals surface area contributed by atoms with Gasteiger partial charge in [0.1, 0.15) is 5.03 Å². The number of hydrogen-bond acceptors (Lipinski definition) is 6. The lowest BCUT2D eigenvalue weighted by atomic mass is 10.0. The summed E-state index contributed by atoms with van der Waals surface area (Å²) in [6, 6.07) is 15.1. The maximum atomic E-state index is 12.7. The molecular formula is C20H18N4O2S2. The highest BCUT2D eigenvalue weighted by molar-refractivity contribution is 7.99. The van der Waals surface area contributed by atoms with Gasteiger partial charge >= 0.3 is 0 Å². The second kappa shape index (κ2) is 8.53. The standard InChI is InChI=1S/C20H18N4O2S2/c25-19(24-11-3-6-14-5-1-2-7-15(14)24)13-28-18-10-9-17(22-23-18)21-20(26)16-8-4-12-27-16/h1-2,4-5,7-10,12H,3,6,11,13H2,(H,21,22,26). The van der Waals surface area contributed by atoms with Crippen molar-refractivity contribution in [1.82, 2.24) is 10.2 Å². The third-order valence-corrected chi connectivity index (χ3v) is 6.15. The van der Waals surface area contributed by atoms with Crippen LogP contribution >= 0.6 is 23.1 Å². The lowest BCUT2D eigenvalue weighted by Gasteiger charge is -2.29. The van der Waals surface area contributed by atoms with E-state index in [4.69, 9.17) is 0 Å². The number of nitrogens with one attached hydrogen (secondary N) is 1. The van der Waals surface area contributed by atoms with Crippen LogP contribution in [0.5, 0.6) is 0 Å². The number of para-hydroxylation sites is 1. The molecular weight excluding hydrogens is 392 g/mol. The Morgan fingerprint density at radius 2 is 2.00 bits per heavy atom. The van der Waals surface area contributed by atoms with Gasteiger partial charge in [0.15, 0.2) is 5.82 Å². The smallest absolute Gasteiger partial charge is 0.266 e. The highest BCUT2D eigenvalue weighted by Gasteiger charge is 2.22. The predicted molar refractivity (Wildman–Crippen MR) is 112 cm³/mol. The summed E-state index contributed by atoms with van der Waals surface area (Å²) in [6.45, 7) is 0.746. The molecule has 1 aliphatic rings. The first kappa shape index (κ1) is 18.6. The normalized spacial score (nSPS) is 13.1.